The highest BCUT2D eigenvalue weighted by Crippen LogP contribution is 2.26. The Kier molecular flexibility index (Phi) is 6.20. The molecule has 0 radical (unpaired) electrons. The number of hydrogen-bond acceptors (Lipinski definition) is 2. The van der Waals surface area contributed by atoms with Gasteiger partial charge >= 0.3 is 0 Å². The van der Waals surface area contributed by atoms with Gasteiger partial charge in [0.2, 0.25) is 0 Å². The number of rotatable bonds is 7. The van der Waals surface area contributed by atoms with Crippen molar-refractivity contribution in [1.29, 1.82) is 0 Å². The summed E-state index contributed by atoms with van der Waals surface area (Å²) >= 11 is 0. The van der Waals surface area contributed by atoms with E-state index < -0.39 is 0 Å². The van der Waals surface area contributed by atoms with Crippen LogP contribution >= 0.6 is 0 Å². The van der Waals surface area contributed by atoms with Crippen molar-refractivity contribution < 1.29 is 0 Å². The van der Waals surface area contributed by atoms with E-state index in [1.54, 1.807) is 0 Å². The molecule has 1 aromatic carbocycles. The van der Waals surface area contributed by atoms with Crippen LogP contribution in [0, 0.1) is 5.92 Å². The molecule has 0 amide bonds. The second kappa shape index (κ2) is 7.42. The molecule has 0 aliphatic carbocycles. The van der Waals surface area contributed by atoms with Crippen LogP contribution in [0.1, 0.15) is 46.2 Å². The molecule has 0 aliphatic heterocycles. The summed E-state index contributed by atoms with van der Waals surface area (Å²) in [7, 11) is 0. The van der Waals surface area contributed by atoms with Crippen molar-refractivity contribution in [2.24, 2.45) is 5.92 Å². The van der Waals surface area contributed by atoms with E-state index in [-0.39, 0.29) is 0 Å². The number of nitrogens with one attached hydrogen (secondary N) is 1. The standard InChI is InChI=1S/C16H28N2/c1-6-17-14(5)15-10-8-9-11-16(15)18(7-2)12-13(3)4/h8-11,13-14,17H,6-7,12H2,1-5H3. The van der Waals surface area contributed by atoms with Gasteiger partial charge in [0.1, 0.15) is 0 Å². The van der Waals surface area contributed by atoms with E-state index in [1.807, 2.05) is 0 Å². The van der Waals surface area contributed by atoms with Crippen molar-refractivity contribution >= 4 is 5.69 Å². The summed E-state index contributed by atoms with van der Waals surface area (Å²) < 4.78 is 0. The minimum atomic E-state index is 0.410. The lowest BCUT2D eigenvalue weighted by Gasteiger charge is -2.29. The quantitative estimate of drug-likeness (QED) is 0.788. The maximum absolute atomic E-state index is 3.51. The van der Waals surface area contributed by atoms with Crippen LogP contribution in [-0.4, -0.2) is 19.6 Å². The van der Waals surface area contributed by atoms with E-state index in [0.29, 0.717) is 12.0 Å². The third kappa shape index (κ3) is 4.02. The molecule has 1 aromatic rings. The fraction of sp³-hybridized carbons (Fsp3) is 0.625. The molecular weight excluding hydrogens is 220 g/mol. The van der Waals surface area contributed by atoms with Crippen molar-refractivity contribution in [3.05, 3.63) is 29.8 Å². The first-order valence-corrected chi connectivity index (χ1v) is 7.17. The number of anilines is 1. The molecule has 0 fully saturated rings. The lowest BCUT2D eigenvalue weighted by molar-refractivity contribution is 0.585. The summed E-state index contributed by atoms with van der Waals surface area (Å²) in [5, 5.41) is 3.51. The van der Waals surface area contributed by atoms with Crippen LogP contribution in [0.3, 0.4) is 0 Å². The SMILES string of the molecule is CCNC(C)c1ccccc1N(CC)CC(C)C. The Morgan fingerprint density at radius 1 is 1.11 bits per heavy atom. The molecule has 0 heterocycles. The number of nitrogens with zero attached hydrogens (tertiary/aromatic N) is 1. The van der Waals surface area contributed by atoms with Crippen molar-refractivity contribution in [3.8, 4) is 0 Å². The molecule has 2 heteroatoms. The second-order valence-corrected chi connectivity index (χ2v) is 5.27. The van der Waals surface area contributed by atoms with Crippen molar-refractivity contribution in [2.75, 3.05) is 24.5 Å². The van der Waals surface area contributed by atoms with Crippen LogP contribution in [-0.2, 0) is 0 Å². The van der Waals surface area contributed by atoms with E-state index in [1.165, 1.54) is 11.3 Å². The highest BCUT2D eigenvalue weighted by atomic mass is 15.1. The summed E-state index contributed by atoms with van der Waals surface area (Å²) in [6.07, 6.45) is 0. The van der Waals surface area contributed by atoms with E-state index in [9.17, 15) is 0 Å². The Hall–Kier alpha value is -1.02. The molecular formula is C16H28N2. The van der Waals surface area contributed by atoms with Gasteiger partial charge in [0.05, 0.1) is 0 Å². The first-order valence-electron chi connectivity index (χ1n) is 7.17. The van der Waals surface area contributed by atoms with E-state index in [0.717, 1.165) is 19.6 Å². The van der Waals surface area contributed by atoms with Crippen LogP contribution in [0.4, 0.5) is 5.69 Å². The van der Waals surface area contributed by atoms with Gasteiger partial charge in [-0.25, -0.2) is 0 Å². The zero-order chi connectivity index (χ0) is 13.5. The molecule has 1 N–H and O–H groups in total. The smallest absolute Gasteiger partial charge is 0.0414 e. The molecule has 0 spiro atoms. The highest BCUT2D eigenvalue weighted by Gasteiger charge is 2.14. The summed E-state index contributed by atoms with van der Waals surface area (Å²) in [6.45, 7) is 14.4. The summed E-state index contributed by atoms with van der Waals surface area (Å²) in [4.78, 5) is 2.48. The largest absolute Gasteiger partial charge is 0.371 e. The third-order valence-corrected chi connectivity index (χ3v) is 3.22. The number of hydrogen-bond donors (Lipinski definition) is 1. The Labute approximate surface area is 112 Å². The van der Waals surface area contributed by atoms with Crippen LogP contribution in [0.15, 0.2) is 24.3 Å². The normalized spacial score (nSPS) is 12.8. The minimum absolute atomic E-state index is 0.410. The summed E-state index contributed by atoms with van der Waals surface area (Å²) in [5.41, 5.74) is 2.78. The van der Waals surface area contributed by atoms with E-state index in [2.05, 4.69) is 69.1 Å². The number of para-hydroxylation sites is 1. The van der Waals surface area contributed by atoms with Gasteiger partial charge in [0, 0.05) is 24.8 Å². The highest BCUT2D eigenvalue weighted by molar-refractivity contribution is 5.54. The van der Waals surface area contributed by atoms with Crippen LogP contribution in [0.5, 0.6) is 0 Å². The van der Waals surface area contributed by atoms with Crippen LogP contribution in [0.25, 0.3) is 0 Å². The Balaban J connectivity index is 2.98. The van der Waals surface area contributed by atoms with Crippen molar-refractivity contribution in [1.82, 2.24) is 5.32 Å². The molecule has 102 valence electrons. The van der Waals surface area contributed by atoms with Crippen molar-refractivity contribution in [2.45, 2.75) is 40.7 Å². The summed E-state index contributed by atoms with van der Waals surface area (Å²) in [6, 6.07) is 9.17. The van der Waals surface area contributed by atoms with Gasteiger partial charge in [0.25, 0.3) is 0 Å². The fourth-order valence-corrected chi connectivity index (χ4v) is 2.40. The molecule has 0 bridgehead atoms. The van der Waals surface area contributed by atoms with Gasteiger partial charge in [0.15, 0.2) is 0 Å². The molecule has 1 atom stereocenters. The van der Waals surface area contributed by atoms with Gasteiger partial charge in [-0.2, -0.15) is 0 Å². The Bertz CT molecular complexity index is 347. The molecule has 2 nitrogen and oxygen atoms in total. The zero-order valence-electron chi connectivity index (χ0n) is 12.5. The van der Waals surface area contributed by atoms with Crippen LogP contribution < -0.4 is 10.2 Å². The number of benzene rings is 1. The summed E-state index contributed by atoms with van der Waals surface area (Å²) in [5.74, 6) is 0.687. The predicted molar refractivity (Wildman–Crippen MR) is 81.3 cm³/mol. The van der Waals surface area contributed by atoms with Gasteiger partial charge < -0.3 is 10.2 Å². The lowest BCUT2D eigenvalue weighted by Crippen LogP contribution is -2.29. The second-order valence-electron chi connectivity index (χ2n) is 5.27. The fourth-order valence-electron chi connectivity index (χ4n) is 2.40. The van der Waals surface area contributed by atoms with E-state index in [4.69, 9.17) is 0 Å². The maximum atomic E-state index is 3.51. The first-order chi connectivity index (χ1) is 8.60. The molecule has 0 saturated heterocycles. The van der Waals surface area contributed by atoms with Crippen molar-refractivity contribution in [3.63, 3.8) is 0 Å². The lowest BCUT2D eigenvalue weighted by atomic mass is 10.0. The molecule has 0 aromatic heterocycles. The maximum Gasteiger partial charge on any atom is 0.0414 e. The monoisotopic (exact) mass is 248 g/mol. The molecule has 1 rings (SSSR count). The topological polar surface area (TPSA) is 15.3 Å². The van der Waals surface area contributed by atoms with Gasteiger partial charge in [-0.05, 0) is 37.9 Å². The molecule has 0 saturated carbocycles. The molecule has 0 aliphatic rings. The third-order valence-electron chi connectivity index (χ3n) is 3.22. The predicted octanol–water partition coefficient (Wildman–Crippen LogP) is 3.84. The van der Waals surface area contributed by atoms with Gasteiger partial charge in [-0.1, -0.05) is 39.0 Å². The Morgan fingerprint density at radius 3 is 2.33 bits per heavy atom. The minimum Gasteiger partial charge on any atom is -0.371 e. The zero-order valence-corrected chi connectivity index (χ0v) is 12.5. The molecule has 1 unspecified atom stereocenters. The average molecular weight is 248 g/mol. The molecule has 18 heavy (non-hydrogen) atoms. The van der Waals surface area contributed by atoms with Gasteiger partial charge in [-0.3, -0.25) is 0 Å². The average Bonchev–Trinajstić information content (AvgIpc) is 2.36. The van der Waals surface area contributed by atoms with Gasteiger partial charge in [-0.15, -0.1) is 0 Å². The van der Waals surface area contributed by atoms with Crippen LogP contribution in [0.2, 0.25) is 0 Å². The first kappa shape index (κ1) is 15.0. The Morgan fingerprint density at radius 2 is 1.78 bits per heavy atom. The van der Waals surface area contributed by atoms with E-state index >= 15 is 0 Å².